The van der Waals surface area contributed by atoms with Crippen molar-refractivity contribution in [2.24, 2.45) is 0 Å². The van der Waals surface area contributed by atoms with Gasteiger partial charge in [-0.05, 0) is 43.7 Å². The summed E-state index contributed by atoms with van der Waals surface area (Å²) in [7, 11) is 3.53. The van der Waals surface area contributed by atoms with E-state index in [4.69, 9.17) is 0 Å². The first-order valence-corrected chi connectivity index (χ1v) is 7.23. The molecule has 0 saturated carbocycles. The first-order valence-electron chi connectivity index (χ1n) is 7.23. The van der Waals surface area contributed by atoms with E-state index in [1.54, 1.807) is 19.0 Å². The lowest BCUT2D eigenvalue weighted by Gasteiger charge is -2.15. The van der Waals surface area contributed by atoms with Crippen LogP contribution < -0.4 is 5.32 Å². The number of amides is 1. The van der Waals surface area contributed by atoms with E-state index in [1.165, 1.54) is 5.69 Å². The van der Waals surface area contributed by atoms with E-state index in [9.17, 15) is 4.79 Å². The number of rotatable bonds is 5. The maximum absolute atomic E-state index is 12.0. The Bertz CT molecular complexity index is 629. The summed E-state index contributed by atoms with van der Waals surface area (Å²) in [6, 6.07) is 9.95. The highest BCUT2D eigenvalue weighted by Gasteiger charge is 2.10. The Morgan fingerprint density at radius 3 is 2.71 bits per heavy atom. The van der Waals surface area contributed by atoms with Crippen molar-refractivity contribution in [2.45, 2.75) is 26.9 Å². The third-order valence-corrected chi connectivity index (χ3v) is 3.61. The van der Waals surface area contributed by atoms with Crippen LogP contribution in [0.15, 0.2) is 36.5 Å². The molecule has 1 N–H and O–H groups in total. The molecule has 2 rings (SSSR count). The average Bonchev–Trinajstić information content (AvgIpc) is 2.93. The fraction of sp³-hybridized carbons (Fsp3) is 0.353. The van der Waals surface area contributed by atoms with Crippen molar-refractivity contribution in [3.05, 3.63) is 53.3 Å². The summed E-state index contributed by atoms with van der Waals surface area (Å²) < 4.78 is 2.21. The molecular weight excluding hydrogens is 262 g/mol. The van der Waals surface area contributed by atoms with E-state index in [0.29, 0.717) is 5.56 Å². The lowest BCUT2D eigenvalue weighted by Crippen LogP contribution is -2.21. The van der Waals surface area contributed by atoms with E-state index < -0.39 is 0 Å². The molecule has 0 aliphatic carbocycles. The molecule has 0 atom stereocenters. The Balaban J connectivity index is 2.16. The number of benzene rings is 1. The van der Waals surface area contributed by atoms with E-state index in [0.717, 1.165) is 24.3 Å². The fourth-order valence-electron chi connectivity index (χ4n) is 2.31. The highest BCUT2D eigenvalue weighted by Crippen LogP contribution is 2.19. The fourth-order valence-corrected chi connectivity index (χ4v) is 2.31. The molecule has 0 aliphatic rings. The highest BCUT2D eigenvalue weighted by molar-refractivity contribution is 5.95. The molecule has 4 nitrogen and oxygen atoms in total. The second-order valence-corrected chi connectivity index (χ2v) is 5.37. The van der Waals surface area contributed by atoms with Crippen LogP contribution in [0.2, 0.25) is 0 Å². The molecule has 0 radical (unpaired) electrons. The Morgan fingerprint density at radius 2 is 2.05 bits per heavy atom. The van der Waals surface area contributed by atoms with Crippen LogP contribution in [-0.4, -0.2) is 29.5 Å². The lowest BCUT2D eigenvalue weighted by atomic mass is 10.1. The number of anilines is 1. The molecule has 1 amide bonds. The molecule has 0 unspecified atom stereocenters. The third-order valence-electron chi connectivity index (χ3n) is 3.61. The minimum absolute atomic E-state index is 0.0231. The van der Waals surface area contributed by atoms with Gasteiger partial charge in [0, 0.05) is 43.8 Å². The molecule has 2 aromatic rings. The smallest absolute Gasteiger partial charge is 0.253 e. The third kappa shape index (κ3) is 3.45. The number of carbonyl (C=O) groups excluding carboxylic acids is 1. The Morgan fingerprint density at radius 1 is 1.29 bits per heavy atom. The van der Waals surface area contributed by atoms with Crippen molar-refractivity contribution in [1.29, 1.82) is 0 Å². The van der Waals surface area contributed by atoms with E-state index in [2.05, 4.69) is 35.1 Å². The first kappa shape index (κ1) is 15.2. The highest BCUT2D eigenvalue weighted by atomic mass is 16.2. The molecule has 21 heavy (non-hydrogen) atoms. The molecule has 1 aromatic carbocycles. The number of nitrogens with zero attached hydrogens (tertiary/aromatic N) is 2. The minimum Gasteiger partial charge on any atom is -0.379 e. The van der Waals surface area contributed by atoms with Crippen LogP contribution in [0.5, 0.6) is 0 Å². The number of aryl methyl sites for hydroxylation is 2. The second-order valence-electron chi connectivity index (χ2n) is 5.37. The minimum atomic E-state index is 0.0231. The van der Waals surface area contributed by atoms with Crippen LogP contribution in [0.4, 0.5) is 5.69 Å². The zero-order valence-corrected chi connectivity index (χ0v) is 13.2. The van der Waals surface area contributed by atoms with Gasteiger partial charge >= 0.3 is 0 Å². The standard InChI is InChI=1S/C17H23N3O/c1-5-20-10-6-7-15(20)12-18-16-11-14(9-8-13(16)2)17(21)19(3)4/h6-11,18H,5,12H2,1-4H3. The first-order chi connectivity index (χ1) is 10.0. The molecule has 1 aromatic heterocycles. The summed E-state index contributed by atoms with van der Waals surface area (Å²) in [4.78, 5) is 13.6. The maximum atomic E-state index is 12.0. The Kier molecular flexibility index (Phi) is 4.68. The number of aromatic nitrogens is 1. The quantitative estimate of drug-likeness (QED) is 0.916. The summed E-state index contributed by atoms with van der Waals surface area (Å²) in [5.41, 5.74) is 4.09. The normalized spacial score (nSPS) is 10.5. The molecule has 0 spiro atoms. The van der Waals surface area contributed by atoms with Gasteiger partial charge in [-0.3, -0.25) is 4.79 Å². The van der Waals surface area contributed by atoms with Crippen LogP contribution in [0.3, 0.4) is 0 Å². The predicted molar refractivity (Wildman–Crippen MR) is 86.6 cm³/mol. The van der Waals surface area contributed by atoms with Gasteiger partial charge in [-0.2, -0.15) is 0 Å². The van der Waals surface area contributed by atoms with Gasteiger partial charge in [0.2, 0.25) is 0 Å². The molecule has 1 heterocycles. The molecule has 0 aliphatic heterocycles. The van der Waals surface area contributed by atoms with Gasteiger partial charge in [-0.1, -0.05) is 6.07 Å². The summed E-state index contributed by atoms with van der Waals surface area (Å²) in [6.07, 6.45) is 2.08. The van der Waals surface area contributed by atoms with Crippen LogP contribution in [-0.2, 0) is 13.1 Å². The SMILES string of the molecule is CCn1cccc1CNc1cc(C(=O)N(C)C)ccc1C. The summed E-state index contributed by atoms with van der Waals surface area (Å²) in [5.74, 6) is 0.0231. The van der Waals surface area contributed by atoms with Crippen molar-refractivity contribution in [3.8, 4) is 0 Å². The van der Waals surface area contributed by atoms with Gasteiger partial charge in [0.1, 0.15) is 0 Å². The average molecular weight is 285 g/mol. The zero-order chi connectivity index (χ0) is 15.4. The van der Waals surface area contributed by atoms with Crippen LogP contribution in [0.25, 0.3) is 0 Å². The van der Waals surface area contributed by atoms with Crippen LogP contribution in [0, 0.1) is 6.92 Å². The summed E-state index contributed by atoms with van der Waals surface area (Å²) in [5, 5.41) is 3.43. The van der Waals surface area contributed by atoms with E-state index >= 15 is 0 Å². The Hall–Kier alpha value is -2.23. The van der Waals surface area contributed by atoms with Crippen molar-refractivity contribution in [3.63, 3.8) is 0 Å². The largest absolute Gasteiger partial charge is 0.379 e. The monoisotopic (exact) mass is 285 g/mol. The molecule has 112 valence electrons. The predicted octanol–water partition coefficient (Wildman–Crippen LogP) is 3.13. The number of nitrogens with one attached hydrogen (secondary N) is 1. The molecule has 4 heteroatoms. The van der Waals surface area contributed by atoms with Gasteiger partial charge in [0.25, 0.3) is 5.91 Å². The van der Waals surface area contributed by atoms with Gasteiger partial charge in [-0.15, -0.1) is 0 Å². The number of hydrogen-bond donors (Lipinski definition) is 1. The number of hydrogen-bond acceptors (Lipinski definition) is 2. The van der Waals surface area contributed by atoms with Crippen LogP contribution in [0.1, 0.15) is 28.5 Å². The molecule has 0 saturated heterocycles. The molecule has 0 fully saturated rings. The van der Waals surface area contributed by atoms with Crippen molar-refractivity contribution in [1.82, 2.24) is 9.47 Å². The molecule has 0 bridgehead atoms. The van der Waals surface area contributed by atoms with Gasteiger partial charge < -0.3 is 14.8 Å². The Labute approximate surface area is 126 Å². The summed E-state index contributed by atoms with van der Waals surface area (Å²) in [6.45, 7) is 5.89. The maximum Gasteiger partial charge on any atom is 0.253 e. The van der Waals surface area contributed by atoms with E-state index in [1.807, 2.05) is 25.1 Å². The van der Waals surface area contributed by atoms with Gasteiger partial charge in [-0.25, -0.2) is 0 Å². The number of carbonyl (C=O) groups is 1. The van der Waals surface area contributed by atoms with E-state index in [-0.39, 0.29) is 5.91 Å². The van der Waals surface area contributed by atoms with Crippen molar-refractivity contribution >= 4 is 11.6 Å². The van der Waals surface area contributed by atoms with Gasteiger partial charge in [0.15, 0.2) is 0 Å². The van der Waals surface area contributed by atoms with Gasteiger partial charge in [0.05, 0.1) is 6.54 Å². The van der Waals surface area contributed by atoms with Crippen molar-refractivity contribution in [2.75, 3.05) is 19.4 Å². The zero-order valence-electron chi connectivity index (χ0n) is 13.2. The van der Waals surface area contributed by atoms with Crippen molar-refractivity contribution < 1.29 is 4.79 Å². The molecular formula is C17H23N3O. The topological polar surface area (TPSA) is 37.3 Å². The van der Waals surface area contributed by atoms with Crippen LogP contribution >= 0.6 is 0 Å². The summed E-state index contributed by atoms with van der Waals surface area (Å²) >= 11 is 0. The second kappa shape index (κ2) is 6.48. The lowest BCUT2D eigenvalue weighted by molar-refractivity contribution is 0.0827.